The van der Waals surface area contributed by atoms with Crippen LogP contribution in [0.25, 0.3) is 0 Å². The molecule has 0 aromatic heterocycles. The number of nitrogens with one attached hydrogen (secondary N) is 1. The van der Waals surface area contributed by atoms with Gasteiger partial charge in [-0.2, -0.15) is 0 Å². The minimum absolute atomic E-state index is 0.0269. The topological polar surface area (TPSA) is 96.0 Å². The Morgan fingerprint density at radius 2 is 1.50 bits per heavy atom. The molecule has 0 unspecified atom stereocenters. The van der Waals surface area contributed by atoms with Crippen LogP contribution in [0, 0.1) is 11.6 Å². The van der Waals surface area contributed by atoms with Crippen molar-refractivity contribution in [1.82, 2.24) is 10.2 Å². The number of nitrogens with zero attached hydrogens (tertiary/aromatic N) is 2. The van der Waals surface area contributed by atoms with Crippen molar-refractivity contribution in [2.75, 3.05) is 24.5 Å². The summed E-state index contributed by atoms with van der Waals surface area (Å²) in [4.78, 5) is 28.5. The number of ether oxygens (including phenoxy) is 1. The third kappa shape index (κ3) is 7.78. The molecule has 230 valence electrons. The van der Waals surface area contributed by atoms with Gasteiger partial charge in [-0.1, -0.05) is 48.5 Å². The Morgan fingerprint density at radius 1 is 0.864 bits per heavy atom. The molecule has 0 bridgehead atoms. The summed E-state index contributed by atoms with van der Waals surface area (Å²) in [5.74, 6) is -2.00. The van der Waals surface area contributed by atoms with Gasteiger partial charge in [0.05, 0.1) is 17.2 Å². The van der Waals surface area contributed by atoms with Crippen molar-refractivity contribution in [3.05, 3.63) is 126 Å². The standard InChI is InChI=1S/C33H33F2N3O5S/c1-3-43-28-17-19-29(20-18-28)44(41,42)38(27-15-13-26(34)14-16-27)23-32(39)37(22-25-11-7-8-12-30(25)35)31(33(40)36-2)21-24-9-5-4-6-10-24/h4-20,31H,3,21-23H2,1-2H3,(H,36,40)/t31-/m1/s1. The SMILES string of the molecule is CCOc1ccc(S(=O)(=O)N(CC(=O)N(Cc2ccccc2F)[C@H](Cc2ccccc2)C(=O)NC)c2ccc(F)cc2)cc1. The summed E-state index contributed by atoms with van der Waals surface area (Å²) in [5, 5.41) is 2.57. The number of hydrogen-bond acceptors (Lipinski definition) is 5. The van der Waals surface area contributed by atoms with Gasteiger partial charge in [0.15, 0.2) is 0 Å². The first-order valence-electron chi connectivity index (χ1n) is 13.9. The zero-order valence-electron chi connectivity index (χ0n) is 24.3. The van der Waals surface area contributed by atoms with Gasteiger partial charge in [-0.05, 0) is 67.1 Å². The van der Waals surface area contributed by atoms with Crippen LogP contribution in [-0.4, -0.2) is 51.4 Å². The number of likely N-dealkylation sites (N-methyl/N-ethyl adjacent to an activating group) is 1. The van der Waals surface area contributed by atoms with E-state index in [-0.39, 0.29) is 29.1 Å². The molecular formula is C33H33F2N3O5S. The van der Waals surface area contributed by atoms with Gasteiger partial charge in [-0.3, -0.25) is 13.9 Å². The summed E-state index contributed by atoms with van der Waals surface area (Å²) in [5.41, 5.74) is 0.911. The fourth-order valence-electron chi connectivity index (χ4n) is 4.67. The van der Waals surface area contributed by atoms with Gasteiger partial charge in [0, 0.05) is 25.6 Å². The highest BCUT2D eigenvalue weighted by molar-refractivity contribution is 7.92. The van der Waals surface area contributed by atoms with Crippen LogP contribution in [0.5, 0.6) is 5.75 Å². The normalized spacial score (nSPS) is 11.8. The molecule has 11 heteroatoms. The highest BCUT2D eigenvalue weighted by Gasteiger charge is 2.34. The van der Waals surface area contributed by atoms with Gasteiger partial charge >= 0.3 is 0 Å². The lowest BCUT2D eigenvalue weighted by Crippen LogP contribution is -2.53. The summed E-state index contributed by atoms with van der Waals surface area (Å²) < 4.78 is 63.0. The number of carbonyl (C=O) groups excluding carboxylic acids is 2. The van der Waals surface area contributed by atoms with Crippen LogP contribution in [0.3, 0.4) is 0 Å². The van der Waals surface area contributed by atoms with Gasteiger partial charge in [0.2, 0.25) is 11.8 Å². The summed E-state index contributed by atoms with van der Waals surface area (Å²) in [6, 6.07) is 24.1. The van der Waals surface area contributed by atoms with Crippen molar-refractivity contribution in [3.8, 4) is 5.75 Å². The van der Waals surface area contributed by atoms with Crippen LogP contribution < -0.4 is 14.4 Å². The number of halogens is 2. The zero-order chi connectivity index (χ0) is 31.7. The van der Waals surface area contributed by atoms with Crippen molar-refractivity contribution >= 4 is 27.5 Å². The van der Waals surface area contributed by atoms with E-state index in [1.54, 1.807) is 37.3 Å². The second-order valence-electron chi connectivity index (χ2n) is 9.83. The first-order chi connectivity index (χ1) is 21.1. The van der Waals surface area contributed by atoms with E-state index < -0.39 is 46.1 Å². The molecule has 0 spiro atoms. The van der Waals surface area contributed by atoms with Gasteiger partial charge < -0.3 is 15.0 Å². The fraction of sp³-hybridized carbons (Fsp3) is 0.212. The number of anilines is 1. The molecule has 0 aliphatic heterocycles. The predicted molar refractivity (Wildman–Crippen MR) is 163 cm³/mol. The molecule has 1 N–H and O–H groups in total. The molecule has 0 fully saturated rings. The molecule has 1 atom stereocenters. The summed E-state index contributed by atoms with van der Waals surface area (Å²) in [6.45, 7) is 1.12. The number of amides is 2. The molecule has 8 nitrogen and oxygen atoms in total. The van der Waals surface area contributed by atoms with Crippen LogP contribution >= 0.6 is 0 Å². The average molecular weight is 622 g/mol. The fourth-order valence-corrected chi connectivity index (χ4v) is 6.08. The Morgan fingerprint density at radius 3 is 2.11 bits per heavy atom. The Hall–Kier alpha value is -4.77. The lowest BCUT2D eigenvalue weighted by Gasteiger charge is -2.33. The highest BCUT2D eigenvalue weighted by Crippen LogP contribution is 2.27. The van der Waals surface area contributed by atoms with Crippen molar-refractivity contribution in [2.24, 2.45) is 0 Å². The quantitative estimate of drug-likeness (QED) is 0.228. The molecule has 0 heterocycles. The average Bonchev–Trinajstić information content (AvgIpc) is 3.03. The van der Waals surface area contributed by atoms with E-state index in [4.69, 9.17) is 4.74 Å². The predicted octanol–water partition coefficient (Wildman–Crippen LogP) is 4.94. The van der Waals surface area contributed by atoms with Crippen molar-refractivity contribution in [2.45, 2.75) is 30.8 Å². The van der Waals surface area contributed by atoms with Crippen LogP contribution in [-0.2, 0) is 32.6 Å². The molecule has 0 aliphatic rings. The summed E-state index contributed by atoms with van der Waals surface area (Å²) >= 11 is 0. The molecule has 4 rings (SSSR count). The molecule has 0 aliphatic carbocycles. The van der Waals surface area contributed by atoms with Gasteiger partial charge in [-0.25, -0.2) is 17.2 Å². The lowest BCUT2D eigenvalue weighted by atomic mass is 10.0. The van der Waals surface area contributed by atoms with E-state index in [0.29, 0.717) is 12.4 Å². The Labute approximate surface area is 255 Å². The van der Waals surface area contributed by atoms with Crippen LogP contribution in [0.2, 0.25) is 0 Å². The molecule has 4 aromatic rings. The monoisotopic (exact) mass is 621 g/mol. The number of carbonyl (C=O) groups is 2. The second kappa shape index (κ2) is 14.6. The molecule has 4 aromatic carbocycles. The number of rotatable bonds is 13. The Balaban J connectivity index is 1.78. The van der Waals surface area contributed by atoms with Gasteiger partial charge in [-0.15, -0.1) is 0 Å². The maximum Gasteiger partial charge on any atom is 0.264 e. The van der Waals surface area contributed by atoms with Gasteiger partial charge in [0.25, 0.3) is 10.0 Å². The van der Waals surface area contributed by atoms with Crippen LogP contribution in [0.15, 0.2) is 108 Å². The van der Waals surface area contributed by atoms with Crippen molar-refractivity contribution < 1.29 is 31.5 Å². The van der Waals surface area contributed by atoms with Crippen LogP contribution in [0.1, 0.15) is 18.1 Å². The second-order valence-corrected chi connectivity index (χ2v) is 11.7. The van der Waals surface area contributed by atoms with Gasteiger partial charge in [0.1, 0.15) is 30.0 Å². The van der Waals surface area contributed by atoms with Crippen molar-refractivity contribution in [3.63, 3.8) is 0 Å². The number of benzene rings is 4. The largest absolute Gasteiger partial charge is 0.494 e. The molecule has 44 heavy (non-hydrogen) atoms. The summed E-state index contributed by atoms with van der Waals surface area (Å²) in [7, 11) is -2.96. The molecular weight excluding hydrogens is 588 g/mol. The maximum atomic E-state index is 14.9. The lowest BCUT2D eigenvalue weighted by molar-refractivity contribution is -0.139. The third-order valence-electron chi connectivity index (χ3n) is 6.93. The van der Waals surface area contributed by atoms with E-state index >= 15 is 0 Å². The van der Waals surface area contributed by atoms with E-state index in [1.165, 1.54) is 66.5 Å². The number of sulfonamides is 1. The van der Waals surface area contributed by atoms with E-state index in [1.807, 2.05) is 6.07 Å². The molecule has 0 radical (unpaired) electrons. The number of hydrogen-bond donors (Lipinski definition) is 1. The van der Waals surface area contributed by atoms with E-state index in [9.17, 15) is 26.8 Å². The van der Waals surface area contributed by atoms with E-state index in [2.05, 4.69) is 5.32 Å². The highest BCUT2D eigenvalue weighted by atomic mass is 32.2. The smallest absolute Gasteiger partial charge is 0.264 e. The minimum atomic E-state index is -4.39. The first-order valence-corrected chi connectivity index (χ1v) is 15.4. The maximum absolute atomic E-state index is 14.9. The van der Waals surface area contributed by atoms with E-state index in [0.717, 1.165) is 22.0 Å². The third-order valence-corrected chi connectivity index (χ3v) is 8.72. The molecule has 2 amide bonds. The zero-order valence-corrected chi connectivity index (χ0v) is 25.1. The minimum Gasteiger partial charge on any atom is -0.494 e. The van der Waals surface area contributed by atoms with Crippen molar-refractivity contribution in [1.29, 1.82) is 0 Å². The Bertz CT molecular complexity index is 1670. The summed E-state index contributed by atoms with van der Waals surface area (Å²) in [6.07, 6.45) is 0.0862. The first kappa shape index (κ1) is 32.2. The Kier molecular flexibility index (Phi) is 10.7. The molecule has 0 saturated carbocycles. The van der Waals surface area contributed by atoms with Crippen LogP contribution in [0.4, 0.5) is 14.5 Å². The molecule has 0 saturated heterocycles.